The van der Waals surface area contributed by atoms with Crippen LogP contribution in [-0.4, -0.2) is 29.0 Å². The van der Waals surface area contributed by atoms with E-state index in [9.17, 15) is 9.59 Å². The molecule has 4 heteroatoms. The smallest absolute Gasteiger partial charge is 0.417 e. The average Bonchev–Trinajstić information content (AvgIpc) is 2.54. The third-order valence-corrected chi connectivity index (χ3v) is 2.99. The Morgan fingerprint density at radius 2 is 2.20 bits per heavy atom. The van der Waals surface area contributed by atoms with Crippen LogP contribution in [0.2, 0.25) is 0 Å². The molecule has 0 N–H and O–H groups in total. The zero-order valence-corrected chi connectivity index (χ0v) is 8.81. The first-order valence-electron chi connectivity index (χ1n) is 5.40. The van der Waals surface area contributed by atoms with E-state index >= 15 is 0 Å². The molecule has 2 atom stereocenters. The molecule has 2 fully saturated rings. The first kappa shape index (κ1) is 10.2. The molecule has 2 aliphatic rings. The van der Waals surface area contributed by atoms with Crippen LogP contribution in [0.15, 0.2) is 12.2 Å². The zero-order chi connectivity index (χ0) is 10.8. The summed E-state index contributed by atoms with van der Waals surface area (Å²) < 4.78 is 5.18. The number of rotatable bonds is 1. The molecule has 2 amide bonds. The molecule has 1 saturated heterocycles. The molecule has 0 unspecified atom stereocenters. The lowest BCUT2D eigenvalue weighted by molar-refractivity contribution is -0.124. The maximum Gasteiger partial charge on any atom is 0.417 e. The van der Waals surface area contributed by atoms with Crippen LogP contribution in [0.3, 0.4) is 0 Å². The van der Waals surface area contributed by atoms with Gasteiger partial charge in [-0.05, 0) is 32.3 Å². The minimum absolute atomic E-state index is 0.0325. The normalized spacial score (nSPS) is 30.5. The molecule has 0 bridgehead atoms. The van der Waals surface area contributed by atoms with E-state index in [1.807, 2.05) is 0 Å². The third-order valence-electron chi connectivity index (χ3n) is 2.99. The lowest BCUT2D eigenvalue weighted by Crippen LogP contribution is -2.41. The Hall–Kier alpha value is -1.32. The van der Waals surface area contributed by atoms with Gasteiger partial charge in [0.1, 0.15) is 6.10 Å². The highest BCUT2D eigenvalue weighted by molar-refractivity contribution is 5.99. The molecule has 4 nitrogen and oxygen atoms in total. The van der Waals surface area contributed by atoms with Gasteiger partial charge in [-0.1, -0.05) is 12.5 Å². The standard InChI is InChI=1S/C11H15NO3/c1-2-5-10(13)12-8-6-3-4-7-9(8)15-11(12)14/h2,5,8-9H,3-4,6-7H2,1H3/b5-2+/t8-,9-/m0/s1. The van der Waals surface area contributed by atoms with Gasteiger partial charge in [-0.3, -0.25) is 4.79 Å². The van der Waals surface area contributed by atoms with Crippen molar-refractivity contribution in [2.45, 2.75) is 44.8 Å². The van der Waals surface area contributed by atoms with E-state index in [0.717, 1.165) is 25.7 Å². The number of imide groups is 1. The van der Waals surface area contributed by atoms with Crippen molar-refractivity contribution in [3.05, 3.63) is 12.2 Å². The largest absolute Gasteiger partial charge is 0.444 e. The maximum atomic E-state index is 11.6. The predicted molar refractivity (Wildman–Crippen MR) is 54.2 cm³/mol. The zero-order valence-electron chi connectivity index (χ0n) is 8.81. The number of ether oxygens (including phenoxy) is 1. The summed E-state index contributed by atoms with van der Waals surface area (Å²) in [6.45, 7) is 1.76. The van der Waals surface area contributed by atoms with Gasteiger partial charge >= 0.3 is 6.09 Å². The van der Waals surface area contributed by atoms with Crippen molar-refractivity contribution in [2.75, 3.05) is 0 Å². The summed E-state index contributed by atoms with van der Waals surface area (Å²) in [6, 6.07) is -0.0325. The summed E-state index contributed by atoms with van der Waals surface area (Å²) in [5.41, 5.74) is 0. The molecule has 0 aromatic rings. The van der Waals surface area contributed by atoms with Crippen LogP contribution in [0.1, 0.15) is 32.6 Å². The molecule has 15 heavy (non-hydrogen) atoms. The molecule has 0 spiro atoms. The number of nitrogens with zero attached hydrogens (tertiary/aromatic N) is 1. The molecule has 1 aliphatic carbocycles. The highest BCUT2D eigenvalue weighted by Crippen LogP contribution is 2.31. The van der Waals surface area contributed by atoms with Gasteiger partial charge in [0.15, 0.2) is 0 Å². The summed E-state index contributed by atoms with van der Waals surface area (Å²) >= 11 is 0. The Morgan fingerprint density at radius 3 is 2.93 bits per heavy atom. The Morgan fingerprint density at radius 1 is 1.47 bits per heavy atom. The summed E-state index contributed by atoms with van der Waals surface area (Å²) in [7, 11) is 0. The van der Waals surface area contributed by atoms with Crippen LogP contribution >= 0.6 is 0 Å². The van der Waals surface area contributed by atoms with Gasteiger partial charge < -0.3 is 4.74 Å². The van der Waals surface area contributed by atoms with Crippen molar-refractivity contribution in [1.29, 1.82) is 0 Å². The Bertz CT molecular complexity index is 311. The fourth-order valence-electron chi connectivity index (χ4n) is 2.31. The third kappa shape index (κ3) is 1.76. The van der Waals surface area contributed by atoms with Crippen LogP contribution in [0.4, 0.5) is 4.79 Å². The van der Waals surface area contributed by atoms with Crippen LogP contribution in [-0.2, 0) is 9.53 Å². The molecule has 1 heterocycles. The van der Waals surface area contributed by atoms with Gasteiger partial charge in [-0.25, -0.2) is 9.69 Å². The van der Waals surface area contributed by atoms with E-state index < -0.39 is 6.09 Å². The lowest BCUT2D eigenvalue weighted by atomic mass is 9.92. The molecule has 0 radical (unpaired) electrons. The number of hydrogen-bond acceptors (Lipinski definition) is 3. The summed E-state index contributed by atoms with van der Waals surface area (Å²) in [5, 5.41) is 0. The van der Waals surface area contributed by atoms with Crippen molar-refractivity contribution in [1.82, 2.24) is 4.90 Å². The van der Waals surface area contributed by atoms with Crippen molar-refractivity contribution >= 4 is 12.0 Å². The number of fused-ring (bicyclic) bond motifs is 1. The molecule has 0 aromatic heterocycles. The van der Waals surface area contributed by atoms with Crippen molar-refractivity contribution in [2.24, 2.45) is 0 Å². The Kier molecular flexibility index (Phi) is 2.75. The number of hydrogen-bond donors (Lipinski definition) is 0. The Balaban J connectivity index is 2.16. The molecular formula is C11H15NO3. The molecule has 1 aliphatic heterocycles. The van der Waals surface area contributed by atoms with Gasteiger partial charge in [0, 0.05) is 0 Å². The number of carbonyl (C=O) groups is 2. The first-order chi connectivity index (χ1) is 7.24. The fourth-order valence-corrected chi connectivity index (χ4v) is 2.31. The number of carbonyl (C=O) groups excluding carboxylic acids is 2. The highest BCUT2D eigenvalue weighted by Gasteiger charge is 2.45. The van der Waals surface area contributed by atoms with Gasteiger partial charge in [-0.15, -0.1) is 0 Å². The van der Waals surface area contributed by atoms with Crippen molar-refractivity contribution in [3.63, 3.8) is 0 Å². The second-order valence-electron chi connectivity index (χ2n) is 3.98. The second-order valence-corrected chi connectivity index (χ2v) is 3.98. The number of amides is 2. The number of allylic oxidation sites excluding steroid dienone is 1. The van der Waals surface area contributed by atoms with Crippen molar-refractivity contribution < 1.29 is 14.3 Å². The molecule has 82 valence electrons. The van der Waals surface area contributed by atoms with E-state index in [2.05, 4.69) is 0 Å². The van der Waals surface area contributed by atoms with Crippen LogP contribution in [0, 0.1) is 0 Å². The predicted octanol–water partition coefficient (Wildman–Crippen LogP) is 1.85. The van der Waals surface area contributed by atoms with Crippen molar-refractivity contribution in [3.8, 4) is 0 Å². The minimum atomic E-state index is -0.477. The summed E-state index contributed by atoms with van der Waals surface area (Å²) in [6.07, 6.45) is 6.42. The van der Waals surface area contributed by atoms with E-state index in [1.54, 1.807) is 13.0 Å². The van der Waals surface area contributed by atoms with Gasteiger partial charge in [0.25, 0.3) is 5.91 Å². The Labute approximate surface area is 88.9 Å². The SMILES string of the molecule is C/C=C/C(=O)N1C(=O)O[C@H]2CCCC[C@@H]21. The summed E-state index contributed by atoms with van der Waals surface area (Å²) in [4.78, 5) is 24.4. The van der Waals surface area contributed by atoms with E-state index in [-0.39, 0.29) is 18.1 Å². The first-order valence-corrected chi connectivity index (χ1v) is 5.40. The topological polar surface area (TPSA) is 46.6 Å². The van der Waals surface area contributed by atoms with Gasteiger partial charge in [0.2, 0.25) is 0 Å². The van der Waals surface area contributed by atoms with Gasteiger partial charge in [0.05, 0.1) is 6.04 Å². The van der Waals surface area contributed by atoms with Gasteiger partial charge in [-0.2, -0.15) is 0 Å². The second kappa shape index (κ2) is 4.04. The monoisotopic (exact) mass is 209 g/mol. The molecule has 1 saturated carbocycles. The van der Waals surface area contributed by atoms with E-state index in [4.69, 9.17) is 4.74 Å². The van der Waals surface area contributed by atoms with E-state index in [0.29, 0.717) is 0 Å². The minimum Gasteiger partial charge on any atom is -0.444 e. The van der Waals surface area contributed by atoms with E-state index in [1.165, 1.54) is 11.0 Å². The maximum absolute atomic E-state index is 11.6. The summed E-state index contributed by atoms with van der Waals surface area (Å²) in [5.74, 6) is -0.253. The van der Waals surface area contributed by atoms with Crippen LogP contribution < -0.4 is 0 Å². The lowest BCUT2D eigenvalue weighted by Gasteiger charge is -2.25. The highest BCUT2D eigenvalue weighted by atomic mass is 16.6. The average molecular weight is 209 g/mol. The molecule has 2 rings (SSSR count). The van der Waals surface area contributed by atoms with Crippen LogP contribution in [0.25, 0.3) is 0 Å². The fraction of sp³-hybridized carbons (Fsp3) is 0.636. The van der Waals surface area contributed by atoms with Crippen LogP contribution in [0.5, 0.6) is 0 Å². The molecular weight excluding hydrogens is 194 g/mol. The molecule has 0 aromatic carbocycles. The quantitative estimate of drug-likeness (QED) is 0.619.